The lowest BCUT2D eigenvalue weighted by Gasteiger charge is -2.46. The second-order valence-electron chi connectivity index (χ2n) is 14.2. The summed E-state index contributed by atoms with van der Waals surface area (Å²) in [4.78, 5) is 41.8. The largest absolute Gasteiger partial charge is 0.493 e. The summed E-state index contributed by atoms with van der Waals surface area (Å²) in [6, 6.07) is 16.9. The molecule has 3 unspecified atom stereocenters. The van der Waals surface area contributed by atoms with E-state index in [9.17, 15) is 4.79 Å². The predicted octanol–water partition coefficient (Wildman–Crippen LogP) is 6.38. The highest BCUT2D eigenvalue weighted by atomic mass is 35.5. The number of pyridine rings is 1. The monoisotopic (exact) mass is 691 g/mol. The summed E-state index contributed by atoms with van der Waals surface area (Å²) in [6.07, 6.45) is 1.77. The second kappa shape index (κ2) is 12.7. The molecule has 9 nitrogen and oxygen atoms in total. The molecule has 6 rings (SSSR count). The van der Waals surface area contributed by atoms with Crippen LogP contribution in [0, 0.1) is 17.8 Å². The summed E-state index contributed by atoms with van der Waals surface area (Å²) in [5.41, 5.74) is 0.925. The van der Waals surface area contributed by atoms with Crippen LogP contribution in [0.2, 0.25) is 10.0 Å². The van der Waals surface area contributed by atoms with Gasteiger partial charge in [-0.25, -0.2) is 4.79 Å². The summed E-state index contributed by atoms with van der Waals surface area (Å²) in [5.74, 6) is 0.940. The Kier molecular flexibility index (Phi) is 9.02. The lowest BCUT2D eigenvalue weighted by Crippen LogP contribution is -2.58. The number of aliphatic imine (C=N–C) groups is 1. The summed E-state index contributed by atoms with van der Waals surface area (Å²) in [5, 5.41) is 13.1. The number of rotatable bonds is 8. The number of hydrogen-bond donors (Lipinski definition) is 2. The van der Waals surface area contributed by atoms with Crippen molar-refractivity contribution in [3.05, 3.63) is 93.2 Å². The van der Waals surface area contributed by atoms with Gasteiger partial charge in [-0.1, -0.05) is 68.2 Å². The molecule has 48 heavy (non-hydrogen) atoms. The Hall–Kier alpha value is -3.66. The molecule has 1 aromatic heterocycles. The molecule has 254 valence electrons. The van der Waals surface area contributed by atoms with Crippen LogP contribution < -0.4 is 10.1 Å². The Morgan fingerprint density at radius 2 is 1.58 bits per heavy atom. The fourth-order valence-electron chi connectivity index (χ4n) is 7.37. The van der Waals surface area contributed by atoms with Crippen molar-refractivity contribution in [1.82, 2.24) is 20.1 Å². The Morgan fingerprint density at radius 1 is 1.00 bits per heavy atom. The summed E-state index contributed by atoms with van der Waals surface area (Å²) in [6.45, 7) is 13.7. The number of aliphatic hydroxyl groups is 1. The highest BCUT2D eigenvalue weighted by molar-refractivity contribution is 6.30. The number of likely N-dealkylation sites (tertiary alicyclic amines) is 1. The van der Waals surface area contributed by atoms with Crippen molar-refractivity contribution in [3.8, 4) is 5.75 Å². The number of urea groups is 1. The average Bonchev–Trinajstić information content (AvgIpc) is 3.43. The van der Waals surface area contributed by atoms with E-state index < -0.39 is 11.1 Å². The van der Waals surface area contributed by atoms with Gasteiger partial charge in [-0.3, -0.25) is 19.7 Å². The molecule has 3 aliphatic rings. The zero-order chi connectivity index (χ0) is 34.6. The molecule has 3 heterocycles. The maximum absolute atomic E-state index is 15.1. The van der Waals surface area contributed by atoms with Crippen molar-refractivity contribution in [2.45, 2.75) is 58.0 Å². The van der Waals surface area contributed by atoms with Gasteiger partial charge in [-0.2, -0.15) is 0 Å². The Morgan fingerprint density at radius 3 is 2.12 bits per heavy atom. The van der Waals surface area contributed by atoms with E-state index in [1.807, 2.05) is 80.3 Å². The van der Waals surface area contributed by atoms with Crippen LogP contribution in [-0.4, -0.2) is 70.5 Å². The maximum atomic E-state index is 15.1. The molecule has 2 aliphatic heterocycles. The number of aliphatic hydroxyl groups excluding tert-OH is 1. The third-order valence-corrected chi connectivity index (χ3v) is 10.8. The first-order valence-electron chi connectivity index (χ1n) is 16.5. The van der Waals surface area contributed by atoms with Crippen LogP contribution in [0.3, 0.4) is 0 Å². The van der Waals surface area contributed by atoms with Crippen LogP contribution in [0.5, 0.6) is 5.75 Å². The second-order valence-corrected chi connectivity index (χ2v) is 15.1. The summed E-state index contributed by atoms with van der Waals surface area (Å²) < 4.78 is 6.25. The number of carbonyl (C=O) groups is 2. The molecule has 3 aromatic rings. The smallest absolute Gasteiger partial charge is 0.326 e. The Balaban J connectivity index is 1.50. The Bertz CT molecular complexity index is 1730. The average molecular weight is 693 g/mol. The van der Waals surface area contributed by atoms with Crippen LogP contribution in [0.4, 0.5) is 4.79 Å². The normalized spacial score (nSPS) is 26.3. The number of aromatic nitrogens is 1. The van der Waals surface area contributed by atoms with Crippen LogP contribution >= 0.6 is 23.2 Å². The van der Waals surface area contributed by atoms with E-state index in [0.717, 1.165) is 16.8 Å². The quantitative estimate of drug-likeness (QED) is 0.285. The minimum absolute atomic E-state index is 0.0618. The first-order valence-corrected chi connectivity index (χ1v) is 17.2. The predicted molar refractivity (Wildman–Crippen MR) is 188 cm³/mol. The van der Waals surface area contributed by atoms with Gasteiger partial charge in [-0.05, 0) is 68.0 Å². The number of ether oxygens (including phenoxy) is 1. The van der Waals surface area contributed by atoms with Crippen LogP contribution in [-0.2, 0) is 21.3 Å². The van der Waals surface area contributed by atoms with Crippen molar-refractivity contribution in [1.29, 1.82) is 0 Å². The van der Waals surface area contributed by atoms with E-state index in [1.165, 1.54) is 0 Å². The molecule has 2 N–H and O–H groups in total. The van der Waals surface area contributed by atoms with Gasteiger partial charge in [0.25, 0.3) is 0 Å². The molecule has 5 atom stereocenters. The van der Waals surface area contributed by atoms with Crippen molar-refractivity contribution >= 4 is 41.0 Å². The number of amidine groups is 1. The number of nitrogens with zero attached hydrogens (tertiary/aromatic N) is 4. The van der Waals surface area contributed by atoms with Gasteiger partial charge in [0.2, 0.25) is 5.91 Å². The van der Waals surface area contributed by atoms with Gasteiger partial charge in [0, 0.05) is 59.0 Å². The van der Waals surface area contributed by atoms with Crippen LogP contribution in [0.15, 0.2) is 65.8 Å². The van der Waals surface area contributed by atoms with Gasteiger partial charge < -0.3 is 20.1 Å². The lowest BCUT2D eigenvalue weighted by atomic mass is 9.71. The van der Waals surface area contributed by atoms with Gasteiger partial charge in [0.05, 0.1) is 18.8 Å². The molecule has 0 bridgehead atoms. The zero-order valence-electron chi connectivity index (χ0n) is 28.3. The van der Waals surface area contributed by atoms with E-state index in [0.29, 0.717) is 46.9 Å². The highest BCUT2D eigenvalue weighted by Crippen LogP contribution is 2.56. The van der Waals surface area contributed by atoms with Crippen LogP contribution in [0.25, 0.3) is 0 Å². The van der Waals surface area contributed by atoms with Gasteiger partial charge in [-0.15, -0.1) is 0 Å². The molecule has 2 aromatic carbocycles. The number of benzene rings is 2. The highest BCUT2D eigenvalue weighted by Gasteiger charge is 2.64. The van der Waals surface area contributed by atoms with Gasteiger partial charge >= 0.3 is 6.03 Å². The van der Waals surface area contributed by atoms with E-state index >= 15 is 4.79 Å². The minimum Gasteiger partial charge on any atom is -0.493 e. The molecular formula is C37H43Cl2N5O4. The third kappa shape index (κ3) is 5.73. The van der Waals surface area contributed by atoms with E-state index in [2.05, 4.69) is 26.1 Å². The fraction of sp³-hybridized carbons (Fsp3) is 0.459. The van der Waals surface area contributed by atoms with E-state index in [1.54, 1.807) is 11.1 Å². The van der Waals surface area contributed by atoms with Crippen LogP contribution in [0.1, 0.15) is 63.9 Å². The number of nitrogens with one attached hydrogen (secondary N) is 1. The number of halogens is 2. The van der Waals surface area contributed by atoms with Crippen molar-refractivity contribution < 1.29 is 19.4 Å². The minimum atomic E-state index is -1.05. The number of carbonyl (C=O) groups excluding carboxylic acids is 2. The third-order valence-electron chi connectivity index (χ3n) is 10.3. The first-order chi connectivity index (χ1) is 22.7. The standard InChI is InChI=1S/C37H43Cl2N5O4/c1-7-48-29-18-30(35(2,3)4)41-19-26(29)32-42-36(5,22-8-12-24(38)13-9-22)37(6,23-10-14-25(39)15-11-23)44(32)34(47)43-20-27-28(21-43)31(27)33(46)40-16-17-45/h8-15,18-19,27-28,31,45H,7,16-17,20-21H2,1-6H3,(H,40,46)/t27-,28+,31?,36?,37?. The van der Waals surface area contributed by atoms with Crippen molar-refractivity contribution in [3.63, 3.8) is 0 Å². The molecule has 3 amide bonds. The number of amides is 3. The zero-order valence-corrected chi connectivity index (χ0v) is 29.8. The number of piperidine rings is 1. The molecule has 0 spiro atoms. The topological polar surface area (TPSA) is 107 Å². The molecular weight excluding hydrogens is 649 g/mol. The van der Waals surface area contributed by atoms with Crippen molar-refractivity contribution in [2.24, 2.45) is 22.7 Å². The van der Waals surface area contributed by atoms with E-state index in [4.69, 9.17) is 43.0 Å². The fourth-order valence-corrected chi connectivity index (χ4v) is 7.62. The molecule has 11 heteroatoms. The number of fused-ring (bicyclic) bond motifs is 1. The van der Waals surface area contributed by atoms with Crippen molar-refractivity contribution in [2.75, 3.05) is 32.8 Å². The lowest BCUT2D eigenvalue weighted by molar-refractivity contribution is -0.123. The molecule has 0 radical (unpaired) electrons. The summed E-state index contributed by atoms with van der Waals surface area (Å²) >= 11 is 12.8. The molecule has 1 saturated carbocycles. The Labute approximate surface area is 292 Å². The summed E-state index contributed by atoms with van der Waals surface area (Å²) in [7, 11) is 0. The molecule has 1 saturated heterocycles. The molecule has 2 fully saturated rings. The van der Waals surface area contributed by atoms with Gasteiger partial charge in [0.1, 0.15) is 22.7 Å². The first kappa shape index (κ1) is 34.2. The van der Waals surface area contributed by atoms with E-state index in [-0.39, 0.29) is 48.3 Å². The maximum Gasteiger partial charge on any atom is 0.326 e. The molecule has 1 aliphatic carbocycles. The van der Waals surface area contributed by atoms with Gasteiger partial charge in [0.15, 0.2) is 0 Å². The number of hydrogen-bond acceptors (Lipinski definition) is 6. The SMILES string of the molecule is CCOc1cc(C(C)(C)C)ncc1C1=NC(C)(c2ccc(Cl)cc2)C(C)(c2ccc(Cl)cc2)N1C(=O)N1C[C@@H]2C(C(=O)NCCO)[C@@H]2C1.